The van der Waals surface area contributed by atoms with Crippen molar-refractivity contribution in [3.63, 3.8) is 0 Å². The van der Waals surface area contributed by atoms with Crippen molar-refractivity contribution >= 4 is 18.3 Å². The van der Waals surface area contributed by atoms with Gasteiger partial charge in [-0.15, -0.1) is 12.4 Å². The Kier molecular flexibility index (Phi) is 5.62. The molecule has 2 atom stereocenters. The van der Waals surface area contributed by atoms with Crippen LogP contribution >= 0.6 is 12.4 Å². The molecule has 0 bridgehead atoms. The second-order valence-corrected chi connectivity index (χ2v) is 4.69. The Hall–Kier alpha value is -1.07. The van der Waals surface area contributed by atoms with Gasteiger partial charge in [0.1, 0.15) is 0 Å². The highest BCUT2D eigenvalue weighted by Crippen LogP contribution is 2.30. The van der Waals surface area contributed by atoms with Gasteiger partial charge in [0.25, 0.3) is 0 Å². The van der Waals surface area contributed by atoms with Crippen LogP contribution in [0.15, 0.2) is 10.6 Å². The van der Waals surface area contributed by atoms with E-state index in [1.807, 2.05) is 13.0 Å². The molecule has 1 fully saturated rings. The molecule has 0 spiro atoms. The van der Waals surface area contributed by atoms with Crippen LogP contribution in [0.4, 0.5) is 0 Å². The van der Waals surface area contributed by atoms with Gasteiger partial charge >= 0.3 is 0 Å². The fraction of sp³-hybridized carbons (Fsp3) is 0.667. The lowest BCUT2D eigenvalue weighted by Crippen LogP contribution is -2.34. The van der Waals surface area contributed by atoms with E-state index in [0.717, 1.165) is 25.0 Å². The normalized spacial score (nSPS) is 22.6. The lowest BCUT2D eigenvalue weighted by molar-refractivity contribution is -0.126. The number of hydrogen-bond donors (Lipinski definition) is 2. The van der Waals surface area contributed by atoms with Crippen LogP contribution in [0.5, 0.6) is 0 Å². The molecule has 1 heterocycles. The maximum absolute atomic E-state index is 12.0. The molecular weight excluding hydrogens is 254 g/mol. The van der Waals surface area contributed by atoms with E-state index < -0.39 is 0 Å². The van der Waals surface area contributed by atoms with Gasteiger partial charge in [0.15, 0.2) is 5.76 Å². The fourth-order valence-corrected chi connectivity index (χ4v) is 2.47. The molecule has 0 aliphatic heterocycles. The summed E-state index contributed by atoms with van der Waals surface area (Å²) >= 11 is 0. The summed E-state index contributed by atoms with van der Waals surface area (Å²) in [5, 5.41) is 6.67. The van der Waals surface area contributed by atoms with Crippen LogP contribution in [0.1, 0.15) is 30.7 Å². The van der Waals surface area contributed by atoms with Gasteiger partial charge in [-0.2, -0.15) is 0 Å². The van der Waals surface area contributed by atoms with Crippen molar-refractivity contribution in [3.05, 3.63) is 17.5 Å². The Labute approximate surface area is 113 Å². The molecule has 1 saturated carbocycles. The van der Waals surface area contributed by atoms with Crippen LogP contribution in [0.3, 0.4) is 0 Å². The average molecular weight is 274 g/mol. The first kappa shape index (κ1) is 15.0. The number of halogens is 1. The molecule has 1 aliphatic rings. The second kappa shape index (κ2) is 6.75. The topological polar surface area (TPSA) is 81.2 Å². The van der Waals surface area contributed by atoms with Crippen molar-refractivity contribution in [2.24, 2.45) is 17.6 Å². The van der Waals surface area contributed by atoms with E-state index in [2.05, 4.69) is 10.5 Å². The first-order valence-electron chi connectivity index (χ1n) is 6.10. The molecule has 0 aromatic carbocycles. The summed E-state index contributed by atoms with van der Waals surface area (Å²) in [6, 6.07) is 1.83. The summed E-state index contributed by atoms with van der Waals surface area (Å²) in [6.07, 6.45) is 3.11. The van der Waals surface area contributed by atoms with E-state index in [-0.39, 0.29) is 24.2 Å². The number of carbonyl (C=O) groups is 1. The SMILES string of the molecule is Cc1cc(CNC(=O)[C@@H]2CCC[C@@H]2CN)on1.Cl. The van der Waals surface area contributed by atoms with E-state index in [1.165, 1.54) is 0 Å². The molecule has 1 aliphatic carbocycles. The van der Waals surface area contributed by atoms with Crippen LogP contribution in [0.25, 0.3) is 0 Å². The maximum atomic E-state index is 12.0. The number of aryl methyl sites for hydroxylation is 1. The van der Waals surface area contributed by atoms with E-state index >= 15 is 0 Å². The number of nitrogens with one attached hydrogen (secondary N) is 1. The lowest BCUT2D eigenvalue weighted by Gasteiger charge is -2.16. The Morgan fingerprint density at radius 1 is 1.61 bits per heavy atom. The third-order valence-electron chi connectivity index (χ3n) is 3.41. The first-order chi connectivity index (χ1) is 8.20. The number of aromatic nitrogens is 1. The van der Waals surface area contributed by atoms with Crippen molar-refractivity contribution in [1.82, 2.24) is 10.5 Å². The summed E-state index contributed by atoms with van der Waals surface area (Å²) in [5.74, 6) is 1.20. The minimum Gasteiger partial charge on any atom is -0.359 e. The van der Waals surface area contributed by atoms with Crippen molar-refractivity contribution in [2.75, 3.05) is 6.54 Å². The van der Waals surface area contributed by atoms with Crippen LogP contribution in [-0.4, -0.2) is 17.6 Å². The van der Waals surface area contributed by atoms with Crippen molar-refractivity contribution < 1.29 is 9.32 Å². The summed E-state index contributed by atoms with van der Waals surface area (Å²) < 4.78 is 5.04. The van der Waals surface area contributed by atoms with Crippen molar-refractivity contribution in [3.8, 4) is 0 Å². The molecule has 0 unspecified atom stereocenters. The number of hydrogen-bond acceptors (Lipinski definition) is 4. The Bertz CT molecular complexity index is 394. The minimum absolute atomic E-state index is 0. The summed E-state index contributed by atoms with van der Waals surface area (Å²) in [7, 11) is 0. The molecule has 0 saturated heterocycles. The van der Waals surface area contributed by atoms with Gasteiger partial charge in [-0.1, -0.05) is 11.6 Å². The largest absolute Gasteiger partial charge is 0.359 e. The van der Waals surface area contributed by atoms with E-state index in [1.54, 1.807) is 0 Å². The van der Waals surface area contributed by atoms with Gasteiger partial charge in [0.2, 0.25) is 5.91 Å². The molecule has 2 rings (SSSR count). The summed E-state index contributed by atoms with van der Waals surface area (Å²) in [4.78, 5) is 12.0. The van der Waals surface area contributed by atoms with Crippen LogP contribution in [-0.2, 0) is 11.3 Å². The van der Waals surface area contributed by atoms with E-state index in [4.69, 9.17) is 10.3 Å². The molecule has 3 N–H and O–H groups in total. The zero-order chi connectivity index (χ0) is 12.3. The van der Waals surface area contributed by atoms with Gasteiger partial charge in [0.05, 0.1) is 12.2 Å². The quantitative estimate of drug-likeness (QED) is 0.869. The van der Waals surface area contributed by atoms with E-state index in [0.29, 0.717) is 24.8 Å². The standard InChI is InChI=1S/C12H19N3O2.ClH/c1-8-5-10(17-15-8)7-14-12(16)11-4-2-3-9(11)6-13;/h5,9,11H,2-4,6-7,13H2,1H3,(H,14,16);1H/t9-,11-;/m1./s1. The average Bonchev–Trinajstić information content (AvgIpc) is 2.94. The van der Waals surface area contributed by atoms with Gasteiger partial charge in [-0.25, -0.2) is 0 Å². The van der Waals surface area contributed by atoms with Crippen LogP contribution < -0.4 is 11.1 Å². The highest BCUT2D eigenvalue weighted by molar-refractivity contribution is 5.85. The molecule has 18 heavy (non-hydrogen) atoms. The van der Waals surface area contributed by atoms with Crippen molar-refractivity contribution in [1.29, 1.82) is 0 Å². The van der Waals surface area contributed by atoms with Gasteiger partial charge in [0, 0.05) is 12.0 Å². The number of rotatable bonds is 4. The second-order valence-electron chi connectivity index (χ2n) is 4.69. The maximum Gasteiger partial charge on any atom is 0.223 e. The van der Waals surface area contributed by atoms with Gasteiger partial charge < -0.3 is 15.6 Å². The molecule has 6 heteroatoms. The molecule has 0 radical (unpaired) electrons. The lowest BCUT2D eigenvalue weighted by atomic mass is 9.95. The zero-order valence-corrected chi connectivity index (χ0v) is 11.3. The Morgan fingerprint density at radius 2 is 2.39 bits per heavy atom. The molecule has 5 nitrogen and oxygen atoms in total. The number of nitrogens with zero attached hydrogens (tertiary/aromatic N) is 1. The predicted octanol–water partition coefficient (Wildman–Crippen LogP) is 1.40. The first-order valence-corrected chi connectivity index (χ1v) is 6.10. The zero-order valence-electron chi connectivity index (χ0n) is 10.5. The molecule has 102 valence electrons. The number of nitrogens with two attached hydrogens (primary N) is 1. The highest BCUT2D eigenvalue weighted by atomic mass is 35.5. The minimum atomic E-state index is 0. The highest BCUT2D eigenvalue weighted by Gasteiger charge is 2.31. The predicted molar refractivity (Wildman–Crippen MR) is 70.2 cm³/mol. The summed E-state index contributed by atoms with van der Waals surface area (Å²) in [6.45, 7) is 2.86. The van der Waals surface area contributed by atoms with Crippen LogP contribution in [0.2, 0.25) is 0 Å². The molecule has 1 amide bonds. The smallest absolute Gasteiger partial charge is 0.223 e. The fourth-order valence-electron chi connectivity index (χ4n) is 2.47. The Balaban J connectivity index is 0.00000162. The van der Waals surface area contributed by atoms with E-state index in [9.17, 15) is 4.79 Å². The third kappa shape index (κ3) is 3.46. The molecular formula is C12H20ClN3O2. The van der Waals surface area contributed by atoms with Crippen LogP contribution in [0, 0.1) is 18.8 Å². The third-order valence-corrected chi connectivity index (χ3v) is 3.41. The van der Waals surface area contributed by atoms with Crippen molar-refractivity contribution in [2.45, 2.75) is 32.7 Å². The van der Waals surface area contributed by atoms with Gasteiger partial charge in [-0.05, 0) is 32.2 Å². The Morgan fingerprint density at radius 3 is 3.00 bits per heavy atom. The molecule has 1 aromatic rings. The summed E-state index contributed by atoms with van der Waals surface area (Å²) in [5.41, 5.74) is 6.49. The van der Waals surface area contributed by atoms with Gasteiger partial charge in [-0.3, -0.25) is 4.79 Å². The molecule has 1 aromatic heterocycles. The monoisotopic (exact) mass is 273 g/mol. The number of amides is 1. The number of carbonyl (C=O) groups excluding carboxylic acids is 1.